The molecule has 1 aliphatic carbocycles. The Morgan fingerprint density at radius 3 is 2.76 bits per heavy atom. The summed E-state index contributed by atoms with van der Waals surface area (Å²) in [6.45, 7) is 6.45. The third kappa shape index (κ3) is 3.09. The van der Waals surface area contributed by atoms with Crippen molar-refractivity contribution in [2.45, 2.75) is 70.0 Å². The van der Waals surface area contributed by atoms with Gasteiger partial charge in [0.15, 0.2) is 0 Å². The number of carbonyl (C=O) groups is 2. The van der Waals surface area contributed by atoms with E-state index in [-0.39, 0.29) is 36.2 Å². The molecule has 8 heteroatoms. The predicted octanol–water partition coefficient (Wildman–Crippen LogP) is 1.26. The third-order valence-corrected chi connectivity index (χ3v) is 5.57. The maximum absolute atomic E-state index is 13.0. The van der Waals surface area contributed by atoms with E-state index in [1.165, 1.54) is 0 Å². The molecular weight excluding hydrogens is 322 g/mol. The summed E-state index contributed by atoms with van der Waals surface area (Å²) in [4.78, 5) is 26.6. The Bertz CT molecular complexity index is 696. The molecule has 2 saturated heterocycles. The molecule has 3 atom stereocenters. The van der Waals surface area contributed by atoms with Crippen molar-refractivity contribution in [3.05, 3.63) is 5.89 Å². The summed E-state index contributed by atoms with van der Waals surface area (Å²) in [6.07, 6.45) is 3.32. The predicted molar refractivity (Wildman–Crippen MR) is 89.8 cm³/mol. The zero-order valence-electron chi connectivity index (χ0n) is 14.9. The van der Waals surface area contributed by atoms with E-state index in [1.54, 1.807) is 0 Å². The summed E-state index contributed by atoms with van der Waals surface area (Å²) >= 11 is 0. The molecule has 3 aliphatic rings. The normalized spacial score (nSPS) is 31.2. The first-order valence-corrected chi connectivity index (χ1v) is 9.05. The van der Waals surface area contributed by atoms with Crippen molar-refractivity contribution < 1.29 is 14.0 Å². The van der Waals surface area contributed by atoms with Crippen LogP contribution >= 0.6 is 0 Å². The number of anilines is 1. The van der Waals surface area contributed by atoms with E-state index < -0.39 is 5.54 Å². The SMILES string of the molecule is CC1CC(Nc2nnc(C3CC3)o2)CN1C(=O)C1CC(=O)NC1(C)C. The molecule has 0 bridgehead atoms. The second kappa shape index (κ2) is 5.71. The molecule has 3 heterocycles. The number of hydrogen-bond acceptors (Lipinski definition) is 6. The number of rotatable bonds is 4. The highest BCUT2D eigenvalue weighted by atomic mass is 16.4. The lowest BCUT2D eigenvalue weighted by atomic mass is 9.88. The molecule has 3 fully saturated rings. The van der Waals surface area contributed by atoms with Gasteiger partial charge >= 0.3 is 6.01 Å². The summed E-state index contributed by atoms with van der Waals surface area (Å²) in [5, 5.41) is 14.3. The van der Waals surface area contributed by atoms with Crippen LogP contribution < -0.4 is 10.6 Å². The van der Waals surface area contributed by atoms with Crippen molar-refractivity contribution in [2.24, 2.45) is 5.92 Å². The highest BCUT2D eigenvalue weighted by Gasteiger charge is 2.47. The van der Waals surface area contributed by atoms with Crippen molar-refractivity contribution >= 4 is 17.8 Å². The van der Waals surface area contributed by atoms with Gasteiger partial charge in [-0.15, -0.1) is 5.10 Å². The van der Waals surface area contributed by atoms with E-state index in [9.17, 15) is 9.59 Å². The van der Waals surface area contributed by atoms with Gasteiger partial charge in [0.2, 0.25) is 17.7 Å². The van der Waals surface area contributed by atoms with Crippen molar-refractivity contribution in [1.29, 1.82) is 0 Å². The van der Waals surface area contributed by atoms with Gasteiger partial charge in [0.25, 0.3) is 0 Å². The number of hydrogen-bond donors (Lipinski definition) is 2. The van der Waals surface area contributed by atoms with Crippen LogP contribution in [-0.4, -0.2) is 51.1 Å². The van der Waals surface area contributed by atoms with E-state index in [4.69, 9.17) is 4.42 Å². The fourth-order valence-electron chi connectivity index (χ4n) is 3.94. The Morgan fingerprint density at radius 1 is 1.36 bits per heavy atom. The van der Waals surface area contributed by atoms with Gasteiger partial charge in [0.1, 0.15) is 0 Å². The summed E-state index contributed by atoms with van der Waals surface area (Å²) in [5.74, 6) is 0.816. The van der Waals surface area contributed by atoms with Crippen LogP contribution in [0.15, 0.2) is 4.42 Å². The number of aromatic nitrogens is 2. The Labute approximate surface area is 146 Å². The molecule has 0 aromatic carbocycles. The molecule has 1 saturated carbocycles. The molecule has 1 aromatic rings. The van der Waals surface area contributed by atoms with Gasteiger partial charge in [-0.05, 0) is 40.0 Å². The molecule has 1 aromatic heterocycles. The first-order valence-electron chi connectivity index (χ1n) is 9.05. The zero-order valence-corrected chi connectivity index (χ0v) is 14.9. The fraction of sp³-hybridized carbons (Fsp3) is 0.765. The van der Waals surface area contributed by atoms with Crippen molar-refractivity contribution in [3.8, 4) is 0 Å². The number of nitrogens with zero attached hydrogens (tertiary/aromatic N) is 3. The van der Waals surface area contributed by atoms with E-state index >= 15 is 0 Å². The quantitative estimate of drug-likeness (QED) is 0.850. The first kappa shape index (κ1) is 16.4. The molecule has 2 aliphatic heterocycles. The van der Waals surface area contributed by atoms with Crippen LogP contribution in [0.25, 0.3) is 0 Å². The van der Waals surface area contributed by atoms with Gasteiger partial charge in [0, 0.05) is 30.5 Å². The summed E-state index contributed by atoms with van der Waals surface area (Å²) in [6, 6.07) is 0.633. The molecule has 136 valence electrons. The topological polar surface area (TPSA) is 100 Å². The van der Waals surface area contributed by atoms with Crippen LogP contribution in [-0.2, 0) is 9.59 Å². The van der Waals surface area contributed by atoms with E-state index in [1.807, 2.05) is 25.7 Å². The Balaban J connectivity index is 1.40. The van der Waals surface area contributed by atoms with Crippen LogP contribution in [0, 0.1) is 5.92 Å². The van der Waals surface area contributed by atoms with Crippen LogP contribution in [0.2, 0.25) is 0 Å². The third-order valence-electron chi connectivity index (χ3n) is 5.57. The second-order valence-corrected chi connectivity index (χ2v) is 8.16. The lowest BCUT2D eigenvalue weighted by Gasteiger charge is -2.31. The van der Waals surface area contributed by atoms with Crippen molar-refractivity contribution in [2.75, 3.05) is 11.9 Å². The average Bonchev–Trinajstić information content (AvgIpc) is 3.07. The van der Waals surface area contributed by atoms with Gasteiger partial charge in [-0.3, -0.25) is 9.59 Å². The van der Waals surface area contributed by atoms with Crippen LogP contribution in [0.3, 0.4) is 0 Å². The van der Waals surface area contributed by atoms with Gasteiger partial charge in [-0.2, -0.15) is 0 Å². The number of carbonyl (C=O) groups excluding carboxylic acids is 2. The van der Waals surface area contributed by atoms with Crippen LogP contribution in [0.1, 0.15) is 58.3 Å². The minimum Gasteiger partial charge on any atom is -0.408 e. The van der Waals surface area contributed by atoms with Crippen molar-refractivity contribution in [3.63, 3.8) is 0 Å². The summed E-state index contributed by atoms with van der Waals surface area (Å²) < 4.78 is 5.66. The first-order chi connectivity index (χ1) is 11.8. The second-order valence-electron chi connectivity index (χ2n) is 8.16. The molecule has 0 radical (unpaired) electrons. The molecule has 2 amide bonds. The number of amides is 2. The zero-order chi connectivity index (χ0) is 17.8. The van der Waals surface area contributed by atoms with Crippen LogP contribution in [0.4, 0.5) is 6.01 Å². The number of likely N-dealkylation sites (tertiary alicyclic amines) is 1. The highest BCUT2D eigenvalue weighted by molar-refractivity contribution is 5.91. The van der Waals surface area contributed by atoms with Gasteiger partial charge in [-0.25, -0.2) is 0 Å². The van der Waals surface area contributed by atoms with E-state index in [0.717, 1.165) is 19.3 Å². The Morgan fingerprint density at radius 2 is 2.12 bits per heavy atom. The molecule has 3 unspecified atom stereocenters. The number of nitrogens with one attached hydrogen (secondary N) is 2. The lowest BCUT2D eigenvalue weighted by Crippen LogP contribution is -2.48. The largest absolute Gasteiger partial charge is 0.408 e. The molecule has 0 spiro atoms. The van der Waals surface area contributed by atoms with E-state index in [0.29, 0.717) is 24.4 Å². The standard InChI is InChI=1S/C17H25N5O3/c1-9-6-11(18-16-21-20-14(25-16)10-4-5-10)8-22(9)15(24)12-7-13(23)19-17(12,2)3/h9-12H,4-8H2,1-3H3,(H,18,21)(H,19,23). The van der Waals surface area contributed by atoms with Crippen molar-refractivity contribution in [1.82, 2.24) is 20.4 Å². The summed E-state index contributed by atoms with van der Waals surface area (Å²) in [7, 11) is 0. The molecule has 2 N–H and O–H groups in total. The fourth-order valence-corrected chi connectivity index (χ4v) is 3.94. The van der Waals surface area contributed by atoms with E-state index in [2.05, 4.69) is 20.8 Å². The Hall–Kier alpha value is -2.12. The average molecular weight is 347 g/mol. The smallest absolute Gasteiger partial charge is 0.315 e. The molecule has 25 heavy (non-hydrogen) atoms. The summed E-state index contributed by atoms with van der Waals surface area (Å²) in [5.41, 5.74) is -0.495. The van der Waals surface area contributed by atoms with Gasteiger partial charge in [-0.1, -0.05) is 5.10 Å². The van der Waals surface area contributed by atoms with Crippen LogP contribution in [0.5, 0.6) is 0 Å². The maximum Gasteiger partial charge on any atom is 0.315 e. The highest BCUT2D eigenvalue weighted by Crippen LogP contribution is 2.39. The van der Waals surface area contributed by atoms with Gasteiger partial charge in [0.05, 0.1) is 12.0 Å². The molecule has 4 rings (SSSR count). The monoisotopic (exact) mass is 347 g/mol. The molecule has 8 nitrogen and oxygen atoms in total. The minimum atomic E-state index is -0.495. The lowest BCUT2D eigenvalue weighted by molar-refractivity contribution is -0.138. The maximum atomic E-state index is 13.0. The van der Waals surface area contributed by atoms with Gasteiger partial charge < -0.3 is 20.0 Å². The Kier molecular flexibility index (Phi) is 3.73. The molecular formula is C17H25N5O3. The minimum absolute atomic E-state index is 0.0457.